The summed E-state index contributed by atoms with van der Waals surface area (Å²) in [6, 6.07) is 15.2. The Morgan fingerprint density at radius 1 is 1.03 bits per heavy atom. The number of rotatable bonds is 6. The fourth-order valence-electron chi connectivity index (χ4n) is 6.24. The molecule has 5 atom stereocenters. The van der Waals surface area contributed by atoms with Gasteiger partial charge in [0, 0.05) is 37.0 Å². The number of fused-ring (bicyclic) bond motifs is 3. The molecule has 36 heavy (non-hydrogen) atoms. The van der Waals surface area contributed by atoms with Crippen LogP contribution in [0.3, 0.4) is 0 Å². The summed E-state index contributed by atoms with van der Waals surface area (Å²) in [5, 5.41) is 9.64. The van der Waals surface area contributed by atoms with Gasteiger partial charge >= 0.3 is 6.03 Å². The van der Waals surface area contributed by atoms with Gasteiger partial charge in [-0.3, -0.25) is 4.79 Å². The molecule has 3 aliphatic rings. The standard InChI is InChI=1S/C28H36N4O4/c1-35-17-25-21-15-16-32(26(21)20-7-3-5-9-23(20)30-25)27(33)22-8-4-6-10-24(22)31-28(34)29-18-11-13-19(36-2)14-12-18/h3,5,7,9,11-14,21-22,24-26,30H,4,6,8,10,15-17H2,1-2H3,(H2,29,31,34)/t21-,22+,24-,25+,26+/m1/s1. The van der Waals surface area contributed by atoms with Gasteiger partial charge in [-0.25, -0.2) is 4.79 Å². The highest BCUT2D eigenvalue weighted by Crippen LogP contribution is 2.47. The summed E-state index contributed by atoms with van der Waals surface area (Å²) >= 11 is 0. The Labute approximate surface area is 212 Å². The van der Waals surface area contributed by atoms with Crippen molar-refractivity contribution in [3.8, 4) is 5.75 Å². The molecule has 192 valence electrons. The van der Waals surface area contributed by atoms with E-state index in [4.69, 9.17) is 9.47 Å². The molecule has 0 radical (unpaired) electrons. The Kier molecular flexibility index (Phi) is 7.32. The lowest BCUT2D eigenvalue weighted by molar-refractivity contribution is -0.138. The lowest BCUT2D eigenvalue weighted by Gasteiger charge is -2.41. The van der Waals surface area contributed by atoms with Gasteiger partial charge in [0.05, 0.1) is 31.7 Å². The number of ether oxygens (including phenoxy) is 2. The van der Waals surface area contributed by atoms with E-state index in [0.717, 1.165) is 50.1 Å². The number of carbonyl (C=O) groups excluding carboxylic acids is 2. The lowest BCUT2D eigenvalue weighted by Crippen LogP contribution is -2.51. The normalized spacial score (nSPS) is 26.8. The van der Waals surface area contributed by atoms with Crippen LogP contribution in [0.15, 0.2) is 48.5 Å². The molecular weight excluding hydrogens is 456 g/mol. The molecule has 8 heteroatoms. The van der Waals surface area contributed by atoms with E-state index in [9.17, 15) is 9.59 Å². The highest BCUT2D eigenvalue weighted by atomic mass is 16.5. The summed E-state index contributed by atoms with van der Waals surface area (Å²) in [7, 11) is 3.34. The molecule has 5 rings (SSSR count). The zero-order valence-electron chi connectivity index (χ0n) is 21.0. The molecule has 1 aliphatic carbocycles. The largest absolute Gasteiger partial charge is 0.497 e. The number of para-hydroxylation sites is 1. The monoisotopic (exact) mass is 492 g/mol. The molecule has 3 amide bonds. The van der Waals surface area contributed by atoms with Crippen molar-refractivity contribution in [1.82, 2.24) is 10.2 Å². The van der Waals surface area contributed by atoms with Crippen LogP contribution in [0, 0.1) is 11.8 Å². The maximum atomic E-state index is 14.0. The number of methoxy groups -OCH3 is 2. The van der Waals surface area contributed by atoms with Gasteiger partial charge in [-0.1, -0.05) is 31.0 Å². The first-order valence-corrected chi connectivity index (χ1v) is 13.0. The molecule has 0 unspecified atom stereocenters. The predicted molar refractivity (Wildman–Crippen MR) is 139 cm³/mol. The number of benzene rings is 2. The second kappa shape index (κ2) is 10.8. The van der Waals surface area contributed by atoms with Gasteiger partial charge in [-0.15, -0.1) is 0 Å². The highest BCUT2D eigenvalue weighted by molar-refractivity contribution is 5.90. The Hall–Kier alpha value is -3.26. The molecule has 2 heterocycles. The van der Waals surface area contributed by atoms with E-state index < -0.39 is 0 Å². The number of hydrogen-bond acceptors (Lipinski definition) is 5. The van der Waals surface area contributed by atoms with Crippen molar-refractivity contribution < 1.29 is 19.1 Å². The summed E-state index contributed by atoms with van der Waals surface area (Å²) in [6.07, 6.45) is 4.54. The first-order valence-electron chi connectivity index (χ1n) is 13.0. The van der Waals surface area contributed by atoms with Gasteiger partial charge in [0.1, 0.15) is 5.75 Å². The summed E-state index contributed by atoms with van der Waals surface area (Å²) in [5.41, 5.74) is 2.95. The third-order valence-corrected chi connectivity index (χ3v) is 7.96. The average Bonchev–Trinajstić information content (AvgIpc) is 3.35. The average molecular weight is 493 g/mol. The predicted octanol–water partition coefficient (Wildman–Crippen LogP) is 4.41. The molecule has 8 nitrogen and oxygen atoms in total. The molecule has 0 spiro atoms. The first kappa shape index (κ1) is 24.4. The number of likely N-dealkylation sites (tertiary alicyclic amines) is 1. The van der Waals surface area contributed by atoms with Crippen LogP contribution in [0.25, 0.3) is 0 Å². The van der Waals surface area contributed by atoms with Gasteiger partial charge in [0.25, 0.3) is 0 Å². The van der Waals surface area contributed by atoms with Gasteiger partial charge in [-0.05, 0) is 55.2 Å². The maximum absolute atomic E-state index is 14.0. The number of nitrogens with zero attached hydrogens (tertiary/aromatic N) is 1. The smallest absolute Gasteiger partial charge is 0.319 e. The number of anilines is 2. The number of nitrogens with one attached hydrogen (secondary N) is 3. The second-order valence-corrected chi connectivity index (χ2v) is 10.0. The fraction of sp³-hybridized carbons (Fsp3) is 0.500. The Morgan fingerprint density at radius 2 is 1.81 bits per heavy atom. The number of amides is 3. The summed E-state index contributed by atoms with van der Waals surface area (Å²) in [4.78, 5) is 29.0. The fourth-order valence-corrected chi connectivity index (χ4v) is 6.24. The lowest BCUT2D eigenvalue weighted by atomic mass is 9.81. The van der Waals surface area contributed by atoms with Crippen LogP contribution in [-0.2, 0) is 9.53 Å². The van der Waals surface area contributed by atoms with Crippen molar-refractivity contribution in [3.05, 3.63) is 54.1 Å². The van der Waals surface area contributed by atoms with Crippen molar-refractivity contribution in [3.63, 3.8) is 0 Å². The minimum atomic E-state index is -0.281. The molecule has 2 aliphatic heterocycles. The number of urea groups is 1. The van der Waals surface area contributed by atoms with E-state index in [0.29, 0.717) is 18.2 Å². The van der Waals surface area contributed by atoms with Crippen LogP contribution in [0.1, 0.15) is 43.7 Å². The summed E-state index contributed by atoms with van der Waals surface area (Å²) in [5.74, 6) is 0.971. The van der Waals surface area contributed by atoms with Gasteiger partial charge in [0.2, 0.25) is 5.91 Å². The molecule has 0 aromatic heterocycles. The second-order valence-electron chi connectivity index (χ2n) is 10.0. The third-order valence-electron chi connectivity index (χ3n) is 7.96. The van der Waals surface area contributed by atoms with E-state index in [-0.39, 0.29) is 36.0 Å². The van der Waals surface area contributed by atoms with Gasteiger partial charge in [-0.2, -0.15) is 0 Å². The minimum Gasteiger partial charge on any atom is -0.497 e. The van der Waals surface area contributed by atoms with Crippen molar-refractivity contribution in [2.24, 2.45) is 11.8 Å². The zero-order valence-corrected chi connectivity index (χ0v) is 21.0. The van der Waals surface area contributed by atoms with E-state index in [2.05, 4.69) is 33.0 Å². The van der Waals surface area contributed by atoms with E-state index >= 15 is 0 Å². The third kappa shape index (κ3) is 4.87. The summed E-state index contributed by atoms with van der Waals surface area (Å²) in [6.45, 7) is 1.34. The zero-order chi connectivity index (χ0) is 25.1. The van der Waals surface area contributed by atoms with Crippen LogP contribution in [0.2, 0.25) is 0 Å². The van der Waals surface area contributed by atoms with E-state index in [1.165, 1.54) is 5.56 Å². The molecule has 2 fully saturated rings. The Bertz CT molecular complexity index is 1080. The topological polar surface area (TPSA) is 91.9 Å². The van der Waals surface area contributed by atoms with Crippen molar-refractivity contribution in [2.75, 3.05) is 38.0 Å². The highest BCUT2D eigenvalue weighted by Gasteiger charge is 2.48. The van der Waals surface area contributed by atoms with E-state index in [1.807, 2.05) is 12.1 Å². The van der Waals surface area contributed by atoms with Crippen LogP contribution < -0.4 is 20.7 Å². The maximum Gasteiger partial charge on any atom is 0.319 e. The van der Waals surface area contributed by atoms with Gasteiger partial charge in [0.15, 0.2) is 0 Å². The van der Waals surface area contributed by atoms with Crippen LogP contribution in [0.4, 0.5) is 16.2 Å². The molecule has 3 N–H and O–H groups in total. The molecule has 1 saturated carbocycles. The first-order chi connectivity index (χ1) is 17.6. The molecular formula is C28H36N4O4. The minimum absolute atomic E-state index is 0.0332. The Balaban J connectivity index is 1.31. The SMILES string of the molecule is COC[C@@H]1Nc2ccccc2[C@H]2[C@@H]1CCN2C(=O)[C@H]1CCCC[C@H]1NC(=O)Nc1ccc(OC)cc1. The quantitative estimate of drug-likeness (QED) is 0.556. The van der Waals surface area contributed by atoms with Crippen molar-refractivity contribution in [1.29, 1.82) is 0 Å². The molecule has 1 saturated heterocycles. The van der Waals surface area contributed by atoms with E-state index in [1.54, 1.807) is 38.5 Å². The molecule has 2 aromatic carbocycles. The summed E-state index contributed by atoms with van der Waals surface area (Å²) < 4.78 is 10.7. The van der Waals surface area contributed by atoms with Crippen molar-refractivity contribution >= 4 is 23.3 Å². The Morgan fingerprint density at radius 3 is 2.58 bits per heavy atom. The van der Waals surface area contributed by atoms with Crippen LogP contribution >= 0.6 is 0 Å². The van der Waals surface area contributed by atoms with Crippen LogP contribution in [-0.4, -0.2) is 56.3 Å². The molecule has 0 bridgehead atoms. The van der Waals surface area contributed by atoms with Crippen LogP contribution in [0.5, 0.6) is 5.75 Å². The van der Waals surface area contributed by atoms with Crippen molar-refractivity contribution in [2.45, 2.75) is 50.2 Å². The number of hydrogen-bond donors (Lipinski definition) is 3. The number of carbonyl (C=O) groups is 2. The molecule has 2 aromatic rings. The van der Waals surface area contributed by atoms with Gasteiger partial charge < -0.3 is 30.3 Å².